The highest BCUT2D eigenvalue weighted by Gasteiger charge is 2.48. The highest BCUT2D eigenvalue weighted by Crippen LogP contribution is 2.51. The zero-order valence-corrected chi connectivity index (χ0v) is 27.8. The van der Waals surface area contributed by atoms with E-state index in [1.54, 1.807) is 23.1 Å². The summed E-state index contributed by atoms with van der Waals surface area (Å²) >= 11 is 6.26. The Morgan fingerprint density at radius 1 is 1.15 bits per heavy atom. The molecular weight excluding hydrogens is 620 g/mol. The predicted octanol–water partition coefficient (Wildman–Crippen LogP) is 4.71. The molecule has 2 saturated carbocycles. The molecule has 2 aromatic heterocycles. The molecule has 2 atom stereocenters. The number of aliphatic imine (C=N–C) groups is 1. The minimum absolute atomic E-state index is 0.0416. The second kappa shape index (κ2) is 16.0. The maximum atomic E-state index is 14.0. The highest BCUT2D eigenvalue weighted by molar-refractivity contribution is 6.43. The van der Waals surface area contributed by atoms with Crippen LogP contribution in [-0.2, 0) is 20.9 Å². The normalized spacial score (nSPS) is 16.4. The van der Waals surface area contributed by atoms with Crippen molar-refractivity contribution in [1.82, 2.24) is 25.3 Å². The van der Waals surface area contributed by atoms with E-state index < -0.39 is 18.0 Å². The van der Waals surface area contributed by atoms with Crippen LogP contribution in [0.3, 0.4) is 0 Å². The monoisotopic (exact) mass is 662 g/mol. The summed E-state index contributed by atoms with van der Waals surface area (Å²) in [6.45, 7) is 4.62. The molecule has 250 valence electrons. The second-order valence-corrected chi connectivity index (χ2v) is 12.7. The van der Waals surface area contributed by atoms with E-state index in [0.717, 1.165) is 31.2 Å². The lowest BCUT2D eigenvalue weighted by atomic mass is 9.88. The SMILES string of the molecule is COc1nnc(Cl)cc1C(CCOCc1ccccc1)n1cc(NC(=O)C(NC(=O)C(/C=C\N)=NC(C)C)C(C2CC2)C2CC2)cn1. The summed E-state index contributed by atoms with van der Waals surface area (Å²) in [7, 11) is 1.52. The number of hydrogen-bond acceptors (Lipinski definition) is 9. The smallest absolute Gasteiger partial charge is 0.270 e. The molecule has 0 saturated heterocycles. The summed E-state index contributed by atoms with van der Waals surface area (Å²) in [6, 6.07) is 10.4. The molecule has 4 N–H and O–H groups in total. The summed E-state index contributed by atoms with van der Waals surface area (Å²) in [5.41, 5.74) is 8.03. The molecular formula is C34H43ClN8O4. The molecule has 0 bridgehead atoms. The van der Waals surface area contributed by atoms with Crippen molar-refractivity contribution in [2.75, 3.05) is 19.0 Å². The van der Waals surface area contributed by atoms with Gasteiger partial charge in [0.1, 0.15) is 11.8 Å². The number of carbonyl (C=O) groups is 2. The maximum Gasteiger partial charge on any atom is 0.270 e. The van der Waals surface area contributed by atoms with Crippen LogP contribution >= 0.6 is 11.6 Å². The van der Waals surface area contributed by atoms with Gasteiger partial charge in [0.15, 0.2) is 5.15 Å². The van der Waals surface area contributed by atoms with Gasteiger partial charge in [-0.1, -0.05) is 41.9 Å². The largest absolute Gasteiger partial charge is 0.480 e. The van der Waals surface area contributed by atoms with E-state index in [-0.39, 0.29) is 28.7 Å². The lowest BCUT2D eigenvalue weighted by Crippen LogP contribution is -2.51. The van der Waals surface area contributed by atoms with E-state index in [0.29, 0.717) is 48.6 Å². The first-order chi connectivity index (χ1) is 22.8. The van der Waals surface area contributed by atoms with Crippen LogP contribution in [0.5, 0.6) is 5.88 Å². The molecule has 2 heterocycles. The standard InChI is InChI=1S/C34H43ClN8O4/c1-21(2)38-27(13-15-36)32(44)40-31(30(23-9-10-23)24-11-12-24)33(45)39-25-18-37-43(19-25)28(26-17-29(35)41-42-34(26)46-3)14-16-47-20-22-7-5-4-6-8-22/h4-8,13,15,17-19,21,23-24,28,30-31H,9-12,14,16,20,36H2,1-3H3,(H,39,45)(H,40,44)/b15-13-,38-27?. The fourth-order valence-electron chi connectivity index (χ4n) is 5.94. The number of carbonyl (C=O) groups excluding carboxylic acids is 2. The summed E-state index contributed by atoms with van der Waals surface area (Å²) in [5, 5.41) is 18.9. The molecule has 0 radical (unpaired) electrons. The Morgan fingerprint density at radius 3 is 2.51 bits per heavy atom. The van der Waals surface area contributed by atoms with Crippen LogP contribution in [0, 0.1) is 17.8 Å². The van der Waals surface area contributed by atoms with Gasteiger partial charge < -0.3 is 25.8 Å². The van der Waals surface area contributed by atoms with Gasteiger partial charge in [-0.05, 0) is 87.6 Å². The van der Waals surface area contributed by atoms with Crippen LogP contribution in [-0.4, -0.2) is 63.3 Å². The molecule has 2 unspecified atom stereocenters. The van der Waals surface area contributed by atoms with Crippen LogP contribution < -0.4 is 21.1 Å². The third-order valence-corrected chi connectivity index (χ3v) is 8.50. The fourth-order valence-corrected chi connectivity index (χ4v) is 6.10. The average molecular weight is 663 g/mol. The zero-order valence-electron chi connectivity index (χ0n) is 27.0. The molecule has 0 aliphatic heterocycles. The average Bonchev–Trinajstić information content (AvgIpc) is 4.00. The van der Waals surface area contributed by atoms with Crippen molar-refractivity contribution in [3.63, 3.8) is 0 Å². The number of hydrogen-bond donors (Lipinski definition) is 3. The number of anilines is 1. The molecule has 47 heavy (non-hydrogen) atoms. The first-order valence-corrected chi connectivity index (χ1v) is 16.5. The number of nitrogens with zero attached hydrogens (tertiary/aromatic N) is 5. The summed E-state index contributed by atoms with van der Waals surface area (Å²) in [6.07, 6.45) is 10.8. The van der Waals surface area contributed by atoms with Crippen molar-refractivity contribution in [2.24, 2.45) is 28.5 Å². The lowest BCUT2D eigenvalue weighted by molar-refractivity contribution is -0.124. The van der Waals surface area contributed by atoms with E-state index >= 15 is 0 Å². The fraction of sp³-hybridized carbons (Fsp3) is 0.471. The Kier molecular flexibility index (Phi) is 11.6. The summed E-state index contributed by atoms with van der Waals surface area (Å²) in [5.74, 6) is 0.430. The van der Waals surface area contributed by atoms with E-state index in [1.807, 2.05) is 44.2 Å². The molecule has 13 heteroatoms. The molecule has 1 aromatic carbocycles. The molecule has 5 rings (SSSR count). The minimum atomic E-state index is -0.736. The van der Waals surface area contributed by atoms with Gasteiger partial charge >= 0.3 is 0 Å². The predicted molar refractivity (Wildman–Crippen MR) is 180 cm³/mol. The first-order valence-electron chi connectivity index (χ1n) is 16.1. The Morgan fingerprint density at radius 2 is 1.87 bits per heavy atom. The van der Waals surface area contributed by atoms with Crippen molar-refractivity contribution in [1.29, 1.82) is 0 Å². The molecule has 0 spiro atoms. The first kappa shape index (κ1) is 34.1. The van der Waals surface area contributed by atoms with Gasteiger partial charge in [-0.15, -0.1) is 10.2 Å². The molecule has 2 amide bonds. The molecule has 2 fully saturated rings. The Labute approximate surface area is 280 Å². The number of rotatable bonds is 17. The summed E-state index contributed by atoms with van der Waals surface area (Å²) < 4.78 is 13.2. The van der Waals surface area contributed by atoms with Crippen molar-refractivity contribution < 1.29 is 19.1 Å². The molecule has 3 aromatic rings. The van der Waals surface area contributed by atoms with Gasteiger partial charge in [0.25, 0.3) is 5.91 Å². The number of benzene rings is 1. The van der Waals surface area contributed by atoms with E-state index in [1.165, 1.54) is 19.4 Å². The lowest BCUT2D eigenvalue weighted by Gasteiger charge is -2.27. The molecule has 2 aliphatic rings. The van der Waals surface area contributed by atoms with Gasteiger partial charge in [0, 0.05) is 24.4 Å². The Hall–Kier alpha value is -4.29. The number of amides is 2. The Balaban J connectivity index is 1.36. The maximum absolute atomic E-state index is 14.0. The van der Waals surface area contributed by atoms with Crippen molar-refractivity contribution in [3.8, 4) is 5.88 Å². The topological polar surface area (TPSA) is 159 Å². The minimum Gasteiger partial charge on any atom is -0.480 e. The third kappa shape index (κ3) is 9.39. The highest BCUT2D eigenvalue weighted by atomic mass is 35.5. The number of nitrogens with one attached hydrogen (secondary N) is 2. The van der Waals surface area contributed by atoms with Crippen molar-refractivity contribution >= 4 is 34.8 Å². The molecule has 12 nitrogen and oxygen atoms in total. The van der Waals surface area contributed by atoms with Gasteiger partial charge in [0.2, 0.25) is 11.8 Å². The van der Waals surface area contributed by atoms with Crippen molar-refractivity contribution in [3.05, 3.63) is 77.3 Å². The number of ether oxygens (including phenoxy) is 2. The van der Waals surface area contributed by atoms with Gasteiger partial charge in [-0.25, -0.2) is 0 Å². The van der Waals surface area contributed by atoms with Gasteiger partial charge in [-0.3, -0.25) is 19.3 Å². The van der Waals surface area contributed by atoms with Crippen LogP contribution in [0.25, 0.3) is 0 Å². The van der Waals surface area contributed by atoms with Crippen molar-refractivity contribution in [2.45, 2.75) is 70.7 Å². The zero-order chi connectivity index (χ0) is 33.3. The van der Waals surface area contributed by atoms with Crippen LogP contribution in [0.4, 0.5) is 5.69 Å². The van der Waals surface area contributed by atoms with E-state index in [2.05, 4.69) is 30.9 Å². The van der Waals surface area contributed by atoms with Crippen LogP contribution in [0.15, 0.2) is 66.1 Å². The third-order valence-electron chi connectivity index (χ3n) is 8.32. The number of nitrogens with two attached hydrogens (primary N) is 1. The number of halogens is 1. The van der Waals surface area contributed by atoms with E-state index in [4.69, 9.17) is 26.8 Å². The number of aromatic nitrogens is 4. The quantitative estimate of drug-likeness (QED) is 0.138. The molecule has 2 aliphatic carbocycles. The van der Waals surface area contributed by atoms with Crippen LogP contribution in [0.2, 0.25) is 5.15 Å². The second-order valence-electron chi connectivity index (χ2n) is 12.3. The van der Waals surface area contributed by atoms with Gasteiger partial charge in [-0.2, -0.15) is 5.10 Å². The Bertz CT molecular complexity index is 1560. The van der Waals surface area contributed by atoms with E-state index in [9.17, 15) is 9.59 Å². The summed E-state index contributed by atoms with van der Waals surface area (Å²) in [4.78, 5) is 31.8. The van der Waals surface area contributed by atoms with Gasteiger partial charge in [0.05, 0.1) is 31.6 Å². The number of methoxy groups -OCH3 is 1. The van der Waals surface area contributed by atoms with Crippen LogP contribution in [0.1, 0.15) is 63.1 Å².